The van der Waals surface area contributed by atoms with Gasteiger partial charge in [0, 0.05) is 17.3 Å². The van der Waals surface area contributed by atoms with Gasteiger partial charge in [-0.2, -0.15) is 0 Å². The van der Waals surface area contributed by atoms with E-state index in [0.717, 1.165) is 30.3 Å². The van der Waals surface area contributed by atoms with Gasteiger partial charge in [0.25, 0.3) is 15.7 Å². The van der Waals surface area contributed by atoms with E-state index in [-0.39, 0.29) is 21.8 Å². The number of nitrogens with zero attached hydrogens (tertiary/aromatic N) is 1. The highest BCUT2D eigenvalue weighted by molar-refractivity contribution is 7.92. The minimum absolute atomic E-state index is 0.0274. The van der Waals surface area contributed by atoms with E-state index >= 15 is 0 Å². The topological polar surface area (TPSA) is 98.5 Å². The average Bonchev–Trinajstić information content (AvgIpc) is 2.47. The number of hydrogen-bond donors (Lipinski definition) is 1. The van der Waals surface area contributed by atoms with Gasteiger partial charge in [-0.1, -0.05) is 6.07 Å². The quantitative estimate of drug-likeness (QED) is 0.635. The van der Waals surface area contributed by atoms with Gasteiger partial charge in [-0.3, -0.25) is 14.8 Å². The van der Waals surface area contributed by atoms with E-state index in [0.29, 0.717) is 0 Å². The monoisotopic (exact) mass is 376 g/mol. The summed E-state index contributed by atoms with van der Waals surface area (Å²) in [6.45, 7) is 1.28. The van der Waals surface area contributed by atoms with Gasteiger partial charge in [-0.15, -0.1) is 13.2 Å². The Balaban J connectivity index is 2.28. The number of halogens is 3. The average molecular weight is 376 g/mol. The van der Waals surface area contributed by atoms with Gasteiger partial charge in [0.15, 0.2) is 0 Å². The minimum Gasteiger partial charge on any atom is -0.406 e. The van der Waals surface area contributed by atoms with E-state index in [1.165, 1.54) is 19.1 Å². The molecule has 0 amide bonds. The smallest absolute Gasteiger partial charge is 0.406 e. The summed E-state index contributed by atoms with van der Waals surface area (Å²) in [6.07, 6.45) is -4.86. The fourth-order valence-corrected chi connectivity index (χ4v) is 3.35. The van der Waals surface area contributed by atoms with Crippen LogP contribution in [0.3, 0.4) is 0 Å². The van der Waals surface area contributed by atoms with Crippen molar-refractivity contribution in [3.8, 4) is 5.75 Å². The van der Waals surface area contributed by atoms with Crippen LogP contribution in [0.25, 0.3) is 0 Å². The summed E-state index contributed by atoms with van der Waals surface area (Å²) in [6, 6.07) is 7.59. The lowest BCUT2D eigenvalue weighted by Gasteiger charge is -2.12. The number of ether oxygens (including phenoxy) is 1. The number of nitrogens with one attached hydrogen (secondary N) is 1. The summed E-state index contributed by atoms with van der Waals surface area (Å²) in [5.74, 6) is -0.512. The third kappa shape index (κ3) is 4.59. The van der Waals surface area contributed by atoms with E-state index in [1.54, 1.807) is 0 Å². The SMILES string of the molecule is Cc1c([N+](=O)[O-])cccc1S(=O)(=O)Nc1ccc(OC(F)(F)F)cc1. The molecule has 0 aliphatic carbocycles. The predicted octanol–water partition coefficient (Wildman–Crippen LogP) is 3.60. The highest BCUT2D eigenvalue weighted by atomic mass is 32.2. The molecule has 0 unspecified atom stereocenters. The van der Waals surface area contributed by atoms with Crippen molar-refractivity contribution < 1.29 is 31.2 Å². The first-order chi connectivity index (χ1) is 11.5. The Morgan fingerprint density at radius 1 is 1.12 bits per heavy atom. The van der Waals surface area contributed by atoms with Crippen LogP contribution < -0.4 is 9.46 Å². The number of anilines is 1. The first-order valence-corrected chi connectivity index (χ1v) is 8.10. The van der Waals surface area contributed by atoms with E-state index < -0.39 is 27.1 Å². The fourth-order valence-electron chi connectivity index (χ4n) is 2.03. The molecule has 2 aromatic rings. The molecule has 11 heteroatoms. The second-order valence-electron chi connectivity index (χ2n) is 4.84. The molecule has 0 fully saturated rings. The standard InChI is InChI=1S/C14H11F3N2O5S/c1-9-12(19(20)21)3-2-4-13(9)25(22,23)18-10-5-7-11(8-6-10)24-14(15,16)17/h2-8,18H,1H3. The number of alkyl halides is 3. The summed E-state index contributed by atoms with van der Waals surface area (Å²) in [4.78, 5) is 9.88. The van der Waals surface area contributed by atoms with Crippen LogP contribution >= 0.6 is 0 Å². The van der Waals surface area contributed by atoms with Crippen molar-refractivity contribution in [1.29, 1.82) is 0 Å². The summed E-state index contributed by atoms with van der Waals surface area (Å²) in [7, 11) is -4.17. The summed E-state index contributed by atoms with van der Waals surface area (Å²) < 4.78 is 66.8. The molecule has 0 aromatic heterocycles. The molecule has 0 saturated carbocycles. The van der Waals surface area contributed by atoms with Crippen molar-refractivity contribution in [2.24, 2.45) is 0 Å². The van der Waals surface area contributed by atoms with Gasteiger partial charge in [-0.25, -0.2) is 8.42 Å². The molecule has 0 heterocycles. The Labute approximate surface area is 140 Å². The fraction of sp³-hybridized carbons (Fsp3) is 0.143. The summed E-state index contributed by atoms with van der Waals surface area (Å²) >= 11 is 0. The van der Waals surface area contributed by atoms with Gasteiger partial charge < -0.3 is 4.74 Å². The Morgan fingerprint density at radius 3 is 2.24 bits per heavy atom. The van der Waals surface area contributed by atoms with Crippen molar-refractivity contribution in [1.82, 2.24) is 0 Å². The molecule has 25 heavy (non-hydrogen) atoms. The van der Waals surface area contributed by atoms with Crippen molar-refractivity contribution in [2.45, 2.75) is 18.2 Å². The first-order valence-electron chi connectivity index (χ1n) is 6.62. The lowest BCUT2D eigenvalue weighted by molar-refractivity contribution is -0.385. The molecule has 0 radical (unpaired) electrons. The number of benzene rings is 2. The first kappa shape index (κ1) is 18.5. The lowest BCUT2D eigenvalue weighted by Crippen LogP contribution is -2.17. The highest BCUT2D eigenvalue weighted by Crippen LogP contribution is 2.28. The molecule has 134 valence electrons. The molecule has 0 aliphatic rings. The van der Waals surface area contributed by atoms with Gasteiger partial charge in [0.1, 0.15) is 5.75 Å². The Bertz CT molecular complexity index is 896. The third-order valence-corrected chi connectivity index (χ3v) is 4.61. The normalized spacial score (nSPS) is 11.8. The third-order valence-electron chi connectivity index (χ3n) is 3.08. The van der Waals surface area contributed by atoms with Crippen LogP contribution in [0.2, 0.25) is 0 Å². The van der Waals surface area contributed by atoms with E-state index in [2.05, 4.69) is 9.46 Å². The molecule has 0 spiro atoms. The molecule has 2 aromatic carbocycles. The van der Waals surface area contributed by atoms with Crippen LogP contribution in [-0.4, -0.2) is 19.7 Å². The second-order valence-corrected chi connectivity index (χ2v) is 6.49. The van der Waals surface area contributed by atoms with Crippen molar-refractivity contribution in [3.63, 3.8) is 0 Å². The Kier molecular flexibility index (Phi) is 4.88. The molecule has 0 aliphatic heterocycles. The zero-order chi connectivity index (χ0) is 18.8. The van der Waals surface area contributed by atoms with Gasteiger partial charge in [0.2, 0.25) is 0 Å². The number of nitro benzene ring substituents is 1. The molecule has 0 atom stereocenters. The largest absolute Gasteiger partial charge is 0.573 e. The van der Waals surface area contributed by atoms with Crippen LogP contribution in [0, 0.1) is 17.0 Å². The van der Waals surface area contributed by atoms with Gasteiger partial charge in [0.05, 0.1) is 9.82 Å². The summed E-state index contributed by atoms with van der Waals surface area (Å²) in [5, 5.41) is 10.9. The van der Waals surface area contributed by atoms with E-state index in [9.17, 15) is 31.7 Å². The summed E-state index contributed by atoms with van der Waals surface area (Å²) in [5.41, 5.74) is -0.450. The molecule has 2 rings (SSSR count). The molecule has 7 nitrogen and oxygen atoms in total. The maximum absolute atomic E-state index is 12.4. The number of rotatable bonds is 5. The van der Waals surface area contributed by atoms with Crippen LogP contribution in [0.1, 0.15) is 5.56 Å². The van der Waals surface area contributed by atoms with Crippen molar-refractivity contribution in [3.05, 3.63) is 58.1 Å². The van der Waals surface area contributed by atoms with Crippen molar-refractivity contribution >= 4 is 21.4 Å². The van der Waals surface area contributed by atoms with Gasteiger partial charge >= 0.3 is 6.36 Å². The number of sulfonamides is 1. The zero-order valence-corrected chi connectivity index (χ0v) is 13.4. The van der Waals surface area contributed by atoms with Crippen LogP contribution in [-0.2, 0) is 10.0 Å². The minimum atomic E-state index is -4.86. The molecule has 0 bridgehead atoms. The maximum Gasteiger partial charge on any atom is 0.573 e. The molecular weight excluding hydrogens is 365 g/mol. The van der Waals surface area contributed by atoms with Gasteiger partial charge in [-0.05, 0) is 37.3 Å². The Morgan fingerprint density at radius 2 is 1.72 bits per heavy atom. The number of nitro groups is 1. The van der Waals surface area contributed by atoms with Crippen LogP contribution in [0.4, 0.5) is 24.5 Å². The second kappa shape index (κ2) is 6.59. The molecular formula is C14H11F3N2O5S. The number of hydrogen-bond acceptors (Lipinski definition) is 5. The predicted molar refractivity (Wildman–Crippen MR) is 81.8 cm³/mol. The van der Waals surface area contributed by atoms with Crippen LogP contribution in [0.15, 0.2) is 47.4 Å². The molecule has 0 saturated heterocycles. The van der Waals surface area contributed by atoms with E-state index in [1.807, 2.05) is 0 Å². The molecule has 1 N–H and O–H groups in total. The van der Waals surface area contributed by atoms with Crippen molar-refractivity contribution in [2.75, 3.05) is 4.72 Å². The van der Waals surface area contributed by atoms with Crippen LogP contribution in [0.5, 0.6) is 5.75 Å². The highest BCUT2D eigenvalue weighted by Gasteiger charge is 2.31. The lowest BCUT2D eigenvalue weighted by atomic mass is 10.2. The zero-order valence-electron chi connectivity index (χ0n) is 12.6. The maximum atomic E-state index is 12.4. The van der Waals surface area contributed by atoms with E-state index in [4.69, 9.17) is 0 Å². The Hall–Kier alpha value is -2.82.